The summed E-state index contributed by atoms with van der Waals surface area (Å²) in [6.07, 6.45) is 10.8. The molecule has 0 aliphatic heterocycles. The number of aryl methyl sites for hydroxylation is 1. The first-order valence-corrected chi connectivity index (χ1v) is 8.83. The van der Waals surface area contributed by atoms with E-state index >= 15 is 0 Å². The molecule has 0 N–H and O–H groups in total. The van der Waals surface area contributed by atoms with Gasteiger partial charge in [-0.15, -0.1) is 11.6 Å². The summed E-state index contributed by atoms with van der Waals surface area (Å²) < 4.78 is 0. The van der Waals surface area contributed by atoms with Crippen LogP contribution in [0.4, 0.5) is 0 Å². The van der Waals surface area contributed by atoms with Crippen LogP contribution in [-0.4, -0.2) is 0 Å². The van der Waals surface area contributed by atoms with Gasteiger partial charge in [0.05, 0.1) is 4.87 Å². The van der Waals surface area contributed by atoms with Crippen molar-refractivity contribution in [3.8, 4) is 0 Å². The second-order valence-electron chi connectivity index (χ2n) is 5.93. The number of halogens is 1. The van der Waals surface area contributed by atoms with Gasteiger partial charge in [-0.1, -0.05) is 77.1 Å². The van der Waals surface area contributed by atoms with Gasteiger partial charge in [-0.05, 0) is 36.8 Å². The predicted octanol–water partition coefficient (Wildman–Crippen LogP) is 6.84. The average Bonchev–Trinajstić information content (AvgIpc) is 2.49. The Kier molecular flexibility index (Phi) is 8.30. The van der Waals surface area contributed by atoms with Gasteiger partial charge in [-0.25, -0.2) is 0 Å². The Labute approximate surface area is 130 Å². The second-order valence-corrected chi connectivity index (χ2v) is 6.66. The van der Waals surface area contributed by atoms with Crippen LogP contribution in [0.2, 0.25) is 0 Å². The minimum absolute atomic E-state index is 0.143. The van der Waals surface area contributed by atoms with E-state index < -0.39 is 0 Å². The summed E-state index contributed by atoms with van der Waals surface area (Å²) in [5, 5.41) is 0. The van der Waals surface area contributed by atoms with E-state index in [1.165, 1.54) is 56.1 Å². The molecule has 0 amide bonds. The van der Waals surface area contributed by atoms with Gasteiger partial charge in [-0.3, -0.25) is 0 Å². The fourth-order valence-electron chi connectivity index (χ4n) is 2.85. The molecule has 0 unspecified atom stereocenters. The van der Waals surface area contributed by atoms with E-state index in [-0.39, 0.29) is 4.87 Å². The first-order chi connectivity index (χ1) is 9.68. The van der Waals surface area contributed by atoms with Crippen molar-refractivity contribution in [1.29, 1.82) is 0 Å². The number of benzene rings is 1. The zero-order valence-electron chi connectivity index (χ0n) is 13.6. The molecule has 1 rings (SSSR count). The Bertz CT molecular complexity index is 362. The highest BCUT2D eigenvalue weighted by Gasteiger charge is 2.30. The second kappa shape index (κ2) is 9.45. The molecule has 0 spiro atoms. The number of alkyl halides is 1. The molecule has 1 heteroatoms. The van der Waals surface area contributed by atoms with E-state index in [4.69, 9.17) is 11.6 Å². The summed E-state index contributed by atoms with van der Waals surface area (Å²) >= 11 is 7.11. The Morgan fingerprint density at radius 2 is 1.40 bits per heavy atom. The third-order valence-corrected chi connectivity index (χ3v) is 4.73. The molecule has 0 aliphatic rings. The van der Waals surface area contributed by atoms with E-state index in [9.17, 15) is 0 Å². The Morgan fingerprint density at radius 1 is 0.850 bits per heavy atom. The number of rotatable bonds is 10. The monoisotopic (exact) mass is 294 g/mol. The quantitative estimate of drug-likeness (QED) is 0.414. The van der Waals surface area contributed by atoms with Gasteiger partial charge >= 0.3 is 0 Å². The van der Waals surface area contributed by atoms with Gasteiger partial charge in [0.2, 0.25) is 0 Å². The van der Waals surface area contributed by atoms with Crippen molar-refractivity contribution >= 4 is 11.6 Å². The highest BCUT2D eigenvalue weighted by molar-refractivity contribution is 6.24. The van der Waals surface area contributed by atoms with E-state index in [1.54, 1.807) is 0 Å². The maximum Gasteiger partial charge on any atom is 0.0697 e. The summed E-state index contributed by atoms with van der Waals surface area (Å²) in [6.45, 7) is 6.75. The smallest absolute Gasteiger partial charge is 0.0697 e. The molecule has 0 nitrogen and oxygen atoms in total. The van der Waals surface area contributed by atoms with Crippen LogP contribution >= 0.6 is 11.6 Å². The summed E-state index contributed by atoms with van der Waals surface area (Å²) in [5.74, 6) is 0. The van der Waals surface area contributed by atoms with Gasteiger partial charge in [0.15, 0.2) is 0 Å². The molecule has 0 radical (unpaired) electrons. The lowest BCUT2D eigenvalue weighted by atomic mass is 9.84. The van der Waals surface area contributed by atoms with Gasteiger partial charge < -0.3 is 0 Å². The Hall–Kier alpha value is -0.490. The lowest BCUT2D eigenvalue weighted by Gasteiger charge is -2.30. The van der Waals surface area contributed by atoms with E-state index in [0.717, 1.165) is 12.8 Å². The van der Waals surface area contributed by atoms with Gasteiger partial charge in [-0.2, -0.15) is 0 Å². The van der Waals surface area contributed by atoms with Gasteiger partial charge in [0, 0.05) is 0 Å². The summed E-state index contributed by atoms with van der Waals surface area (Å²) in [6, 6.07) is 8.86. The van der Waals surface area contributed by atoms with Crippen LogP contribution in [0.15, 0.2) is 24.3 Å². The highest BCUT2D eigenvalue weighted by atomic mass is 35.5. The molecule has 0 heterocycles. The molecule has 0 aromatic heterocycles. The molecule has 114 valence electrons. The molecule has 0 saturated carbocycles. The number of unbranched alkanes of at least 4 members (excludes halogenated alkanes) is 3. The first-order valence-electron chi connectivity index (χ1n) is 8.45. The standard InChI is InChI=1S/C19H31Cl/c1-4-7-12-17-13-10-11-14-18(17)19(20,15-8-5-2)16-9-6-3/h10-11,13-14H,4-9,12,15-16H2,1-3H3. The van der Waals surface area contributed by atoms with Crippen molar-refractivity contribution in [1.82, 2.24) is 0 Å². The van der Waals surface area contributed by atoms with Crippen LogP contribution in [-0.2, 0) is 11.3 Å². The van der Waals surface area contributed by atoms with Crippen molar-refractivity contribution in [3.05, 3.63) is 35.4 Å². The third-order valence-electron chi connectivity index (χ3n) is 4.15. The van der Waals surface area contributed by atoms with Crippen molar-refractivity contribution in [2.75, 3.05) is 0 Å². The topological polar surface area (TPSA) is 0 Å². The molecule has 0 aliphatic carbocycles. The zero-order valence-corrected chi connectivity index (χ0v) is 14.3. The lowest BCUT2D eigenvalue weighted by Crippen LogP contribution is -2.21. The van der Waals surface area contributed by atoms with Crippen molar-refractivity contribution in [2.45, 2.75) is 83.4 Å². The third kappa shape index (κ3) is 5.13. The van der Waals surface area contributed by atoms with E-state index in [1.807, 2.05) is 0 Å². The van der Waals surface area contributed by atoms with Crippen LogP contribution in [0.25, 0.3) is 0 Å². The molecule has 20 heavy (non-hydrogen) atoms. The summed E-state index contributed by atoms with van der Waals surface area (Å²) in [4.78, 5) is -0.143. The van der Waals surface area contributed by atoms with Crippen LogP contribution in [0.5, 0.6) is 0 Å². The normalized spacial score (nSPS) is 11.8. The SMILES string of the molecule is CCCCc1ccccc1C(Cl)(CCCC)CCCC. The molecule has 0 atom stereocenters. The van der Waals surface area contributed by atoms with Crippen LogP contribution < -0.4 is 0 Å². The molecule has 0 saturated heterocycles. The average molecular weight is 295 g/mol. The summed E-state index contributed by atoms with van der Waals surface area (Å²) in [7, 11) is 0. The minimum Gasteiger partial charge on any atom is -0.114 e. The maximum absolute atomic E-state index is 7.11. The van der Waals surface area contributed by atoms with Crippen LogP contribution in [0.3, 0.4) is 0 Å². The summed E-state index contributed by atoms with van der Waals surface area (Å²) in [5.41, 5.74) is 2.87. The van der Waals surface area contributed by atoms with E-state index in [2.05, 4.69) is 45.0 Å². The maximum atomic E-state index is 7.11. The van der Waals surface area contributed by atoms with E-state index in [0.29, 0.717) is 0 Å². The molecule has 0 fully saturated rings. The number of hydrogen-bond donors (Lipinski definition) is 0. The lowest BCUT2D eigenvalue weighted by molar-refractivity contribution is 0.467. The van der Waals surface area contributed by atoms with Crippen LogP contribution in [0.1, 0.15) is 83.3 Å². The molecule has 0 bridgehead atoms. The number of hydrogen-bond acceptors (Lipinski definition) is 0. The highest BCUT2D eigenvalue weighted by Crippen LogP contribution is 2.41. The van der Waals surface area contributed by atoms with Crippen molar-refractivity contribution < 1.29 is 0 Å². The van der Waals surface area contributed by atoms with Gasteiger partial charge in [0.25, 0.3) is 0 Å². The predicted molar refractivity (Wildman–Crippen MR) is 91.6 cm³/mol. The Balaban J connectivity index is 2.98. The minimum atomic E-state index is -0.143. The molecular weight excluding hydrogens is 264 g/mol. The van der Waals surface area contributed by atoms with Crippen molar-refractivity contribution in [3.63, 3.8) is 0 Å². The fourth-order valence-corrected chi connectivity index (χ4v) is 3.30. The van der Waals surface area contributed by atoms with Gasteiger partial charge in [0.1, 0.15) is 0 Å². The largest absolute Gasteiger partial charge is 0.114 e. The molecule has 1 aromatic carbocycles. The zero-order chi connectivity index (χ0) is 14.8. The van der Waals surface area contributed by atoms with Crippen LogP contribution in [0, 0.1) is 0 Å². The Morgan fingerprint density at radius 3 is 1.95 bits per heavy atom. The fraction of sp³-hybridized carbons (Fsp3) is 0.684. The van der Waals surface area contributed by atoms with Crippen molar-refractivity contribution in [2.24, 2.45) is 0 Å². The first kappa shape index (κ1) is 17.6. The molecular formula is C19H31Cl. The molecule has 1 aromatic rings.